The van der Waals surface area contributed by atoms with Gasteiger partial charge in [-0.25, -0.2) is 0 Å². The zero-order chi connectivity index (χ0) is 14.5. The monoisotopic (exact) mass is 277 g/mol. The van der Waals surface area contributed by atoms with Crippen molar-refractivity contribution in [3.63, 3.8) is 0 Å². The number of nitrogens with one attached hydrogen (secondary N) is 1. The zero-order valence-electron chi connectivity index (χ0n) is 12.2. The zero-order valence-corrected chi connectivity index (χ0v) is 12.2. The van der Waals surface area contributed by atoms with E-state index in [1.807, 2.05) is 35.9 Å². The van der Waals surface area contributed by atoms with E-state index in [0.29, 0.717) is 13.1 Å². The molecule has 1 heterocycles. The Balaban J connectivity index is 1.89. The fourth-order valence-electron chi connectivity index (χ4n) is 2.43. The van der Waals surface area contributed by atoms with Crippen molar-refractivity contribution in [1.82, 2.24) is 15.1 Å². The molecule has 0 aromatic heterocycles. The van der Waals surface area contributed by atoms with Gasteiger partial charge in [0.2, 0.25) is 5.91 Å². The van der Waals surface area contributed by atoms with Crippen LogP contribution in [0.3, 0.4) is 0 Å². The standard InChI is InChI=1S/C15H23N3O2/c1-12-3-4-14(19)13(9-12)10-17(2)11-15(20)18-7-5-16-6-8-18/h3-4,9,16,19H,5-8,10-11H2,1-2H3. The minimum Gasteiger partial charge on any atom is -0.508 e. The number of piperazine rings is 1. The Bertz CT molecular complexity index is 470. The molecule has 0 bridgehead atoms. The van der Waals surface area contributed by atoms with Crippen molar-refractivity contribution in [1.29, 1.82) is 0 Å². The van der Waals surface area contributed by atoms with Gasteiger partial charge < -0.3 is 15.3 Å². The predicted octanol–water partition coefficient (Wildman–Crippen LogP) is 0.564. The number of phenolic OH excluding ortho intramolecular Hbond substituents is 1. The minimum absolute atomic E-state index is 0.154. The molecule has 1 aromatic rings. The number of carbonyl (C=O) groups excluding carboxylic acids is 1. The Morgan fingerprint density at radius 3 is 2.80 bits per heavy atom. The van der Waals surface area contributed by atoms with Gasteiger partial charge in [-0.05, 0) is 20.0 Å². The molecule has 110 valence electrons. The van der Waals surface area contributed by atoms with Crippen molar-refractivity contribution in [2.45, 2.75) is 13.5 Å². The van der Waals surface area contributed by atoms with Crippen molar-refractivity contribution < 1.29 is 9.90 Å². The van der Waals surface area contributed by atoms with Gasteiger partial charge in [-0.1, -0.05) is 17.7 Å². The smallest absolute Gasteiger partial charge is 0.236 e. The summed E-state index contributed by atoms with van der Waals surface area (Å²) < 4.78 is 0. The van der Waals surface area contributed by atoms with Crippen LogP contribution in [0.2, 0.25) is 0 Å². The lowest BCUT2D eigenvalue weighted by molar-refractivity contribution is -0.132. The molecule has 2 N–H and O–H groups in total. The van der Waals surface area contributed by atoms with E-state index in [1.54, 1.807) is 6.07 Å². The molecule has 20 heavy (non-hydrogen) atoms. The molecule has 0 spiro atoms. The van der Waals surface area contributed by atoms with E-state index in [4.69, 9.17) is 0 Å². The molecule has 5 heteroatoms. The summed E-state index contributed by atoms with van der Waals surface area (Å²) in [6.07, 6.45) is 0. The maximum Gasteiger partial charge on any atom is 0.236 e. The molecule has 0 atom stereocenters. The lowest BCUT2D eigenvalue weighted by Crippen LogP contribution is -2.49. The second-order valence-corrected chi connectivity index (χ2v) is 5.44. The normalized spacial score (nSPS) is 15.7. The van der Waals surface area contributed by atoms with E-state index in [0.717, 1.165) is 37.3 Å². The third-order valence-corrected chi connectivity index (χ3v) is 3.55. The number of rotatable bonds is 4. The summed E-state index contributed by atoms with van der Waals surface area (Å²) in [6, 6.07) is 5.54. The van der Waals surface area contributed by atoms with Crippen LogP contribution in [0.1, 0.15) is 11.1 Å². The summed E-state index contributed by atoms with van der Waals surface area (Å²) in [6.45, 7) is 6.25. The molecule has 0 radical (unpaired) electrons. The molecule has 1 saturated heterocycles. The molecule has 0 aliphatic carbocycles. The van der Waals surface area contributed by atoms with E-state index in [9.17, 15) is 9.90 Å². The molecule has 1 amide bonds. The summed E-state index contributed by atoms with van der Waals surface area (Å²) in [7, 11) is 1.90. The van der Waals surface area contributed by atoms with E-state index in [2.05, 4.69) is 5.32 Å². The largest absolute Gasteiger partial charge is 0.508 e. The molecule has 1 aliphatic heterocycles. The number of nitrogens with zero attached hydrogens (tertiary/aromatic N) is 2. The Labute approximate surface area is 120 Å². The van der Waals surface area contributed by atoms with Crippen LogP contribution in [0.4, 0.5) is 0 Å². The summed E-state index contributed by atoms with van der Waals surface area (Å²) >= 11 is 0. The summed E-state index contributed by atoms with van der Waals surface area (Å²) in [4.78, 5) is 16.0. The quantitative estimate of drug-likeness (QED) is 0.844. The average Bonchev–Trinajstić information content (AvgIpc) is 2.43. The Hall–Kier alpha value is -1.59. The van der Waals surface area contributed by atoms with E-state index < -0.39 is 0 Å². The van der Waals surface area contributed by atoms with Crippen LogP contribution in [0.15, 0.2) is 18.2 Å². The first-order valence-electron chi connectivity index (χ1n) is 7.02. The van der Waals surface area contributed by atoms with Crippen molar-refractivity contribution in [3.05, 3.63) is 29.3 Å². The van der Waals surface area contributed by atoms with Crippen LogP contribution >= 0.6 is 0 Å². The average molecular weight is 277 g/mol. The SMILES string of the molecule is Cc1ccc(O)c(CN(C)CC(=O)N2CCNCC2)c1. The lowest BCUT2D eigenvalue weighted by atomic mass is 10.1. The number of carbonyl (C=O) groups is 1. The first kappa shape index (κ1) is 14.8. The van der Waals surface area contributed by atoms with Crippen molar-refractivity contribution in [3.8, 4) is 5.75 Å². The minimum atomic E-state index is 0.154. The van der Waals surface area contributed by atoms with Crippen LogP contribution in [-0.2, 0) is 11.3 Å². The highest BCUT2D eigenvalue weighted by Gasteiger charge is 2.18. The number of aryl methyl sites for hydroxylation is 1. The molecule has 1 aromatic carbocycles. The Morgan fingerprint density at radius 1 is 1.40 bits per heavy atom. The Morgan fingerprint density at radius 2 is 2.10 bits per heavy atom. The van der Waals surface area contributed by atoms with Gasteiger partial charge in [0, 0.05) is 38.3 Å². The van der Waals surface area contributed by atoms with Gasteiger partial charge in [0.25, 0.3) is 0 Å². The van der Waals surface area contributed by atoms with Crippen molar-refractivity contribution in [2.75, 3.05) is 39.8 Å². The van der Waals surface area contributed by atoms with E-state index in [-0.39, 0.29) is 11.7 Å². The number of hydrogen-bond donors (Lipinski definition) is 2. The third kappa shape index (κ3) is 3.95. The van der Waals surface area contributed by atoms with Gasteiger partial charge in [-0.15, -0.1) is 0 Å². The highest BCUT2D eigenvalue weighted by molar-refractivity contribution is 5.78. The maximum absolute atomic E-state index is 12.1. The van der Waals surface area contributed by atoms with Gasteiger partial charge >= 0.3 is 0 Å². The van der Waals surface area contributed by atoms with Crippen molar-refractivity contribution in [2.24, 2.45) is 0 Å². The molecule has 2 rings (SSSR count). The molecule has 1 aliphatic rings. The third-order valence-electron chi connectivity index (χ3n) is 3.55. The number of hydrogen-bond acceptors (Lipinski definition) is 4. The summed E-state index contributed by atoms with van der Waals surface area (Å²) in [5.74, 6) is 0.443. The molecular weight excluding hydrogens is 254 g/mol. The first-order chi connectivity index (χ1) is 9.56. The molecule has 0 saturated carbocycles. The van der Waals surface area contributed by atoms with Gasteiger partial charge in [-0.3, -0.25) is 9.69 Å². The number of phenols is 1. The Kier molecular flexibility index (Phi) is 4.98. The second kappa shape index (κ2) is 6.72. The molecule has 5 nitrogen and oxygen atoms in total. The number of benzene rings is 1. The van der Waals surface area contributed by atoms with Crippen LogP contribution in [0.25, 0.3) is 0 Å². The summed E-state index contributed by atoms with van der Waals surface area (Å²) in [5, 5.41) is 13.1. The van der Waals surface area contributed by atoms with Gasteiger partial charge in [0.15, 0.2) is 0 Å². The van der Waals surface area contributed by atoms with Crippen LogP contribution in [-0.4, -0.2) is 60.6 Å². The summed E-state index contributed by atoms with van der Waals surface area (Å²) in [5.41, 5.74) is 1.97. The van der Waals surface area contributed by atoms with Gasteiger partial charge in [-0.2, -0.15) is 0 Å². The van der Waals surface area contributed by atoms with Crippen LogP contribution in [0, 0.1) is 6.92 Å². The maximum atomic E-state index is 12.1. The number of amides is 1. The van der Waals surface area contributed by atoms with Crippen LogP contribution in [0.5, 0.6) is 5.75 Å². The highest BCUT2D eigenvalue weighted by Crippen LogP contribution is 2.19. The molecule has 0 unspecified atom stereocenters. The van der Waals surface area contributed by atoms with Crippen molar-refractivity contribution >= 4 is 5.91 Å². The van der Waals surface area contributed by atoms with Gasteiger partial charge in [0.1, 0.15) is 5.75 Å². The number of likely N-dealkylation sites (N-methyl/N-ethyl adjacent to an activating group) is 1. The van der Waals surface area contributed by atoms with Gasteiger partial charge in [0.05, 0.1) is 6.54 Å². The topological polar surface area (TPSA) is 55.8 Å². The van der Waals surface area contributed by atoms with E-state index in [1.165, 1.54) is 0 Å². The highest BCUT2D eigenvalue weighted by atomic mass is 16.3. The molecular formula is C15H23N3O2. The second-order valence-electron chi connectivity index (χ2n) is 5.44. The van der Waals surface area contributed by atoms with Crippen LogP contribution < -0.4 is 5.32 Å². The number of aromatic hydroxyl groups is 1. The fraction of sp³-hybridized carbons (Fsp3) is 0.533. The fourth-order valence-corrected chi connectivity index (χ4v) is 2.43. The first-order valence-corrected chi connectivity index (χ1v) is 7.02. The van der Waals surface area contributed by atoms with E-state index >= 15 is 0 Å². The predicted molar refractivity (Wildman–Crippen MR) is 78.6 cm³/mol. The molecule has 1 fully saturated rings. The lowest BCUT2D eigenvalue weighted by Gasteiger charge is -2.29.